The fourth-order valence-corrected chi connectivity index (χ4v) is 6.13. The van der Waals surface area contributed by atoms with E-state index in [4.69, 9.17) is 4.74 Å². The third-order valence-electron chi connectivity index (χ3n) is 8.90. The SMILES string of the molecule is COC(=O)CCC(NC(=O)C(c1ccccc1)N1CCN(c2ccc(NC(=O)c3ccccc3-c3ccc(C(F)(F)F)cc3)cc2)CC1)C(=O)OC. The van der Waals surface area contributed by atoms with Gasteiger partial charge in [-0.15, -0.1) is 0 Å². The van der Waals surface area contributed by atoms with Crippen molar-refractivity contribution >= 4 is 35.1 Å². The molecule has 52 heavy (non-hydrogen) atoms. The number of carbonyl (C=O) groups is 4. The van der Waals surface area contributed by atoms with Gasteiger partial charge in [0.05, 0.1) is 19.8 Å². The zero-order valence-electron chi connectivity index (χ0n) is 28.7. The number of carbonyl (C=O) groups excluding carboxylic acids is 4. The number of hydrogen-bond acceptors (Lipinski definition) is 8. The molecule has 2 unspecified atom stereocenters. The van der Waals surface area contributed by atoms with Crippen molar-refractivity contribution < 1.29 is 41.8 Å². The second-order valence-electron chi connectivity index (χ2n) is 12.2. The quantitative estimate of drug-likeness (QED) is 0.169. The van der Waals surface area contributed by atoms with E-state index in [1.165, 1.54) is 26.4 Å². The topological polar surface area (TPSA) is 117 Å². The molecule has 272 valence electrons. The first kappa shape index (κ1) is 37.6. The van der Waals surface area contributed by atoms with Crippen LogP contribution in [-0.4, -0.2) is 75.1 Å². The Morgan fingerprint density at radius 1 is 0.769 bits per heavy atom. The van der Waals surface area contributed by atoms with Gasteiger partial charge in [-0.05, 0) is 65.6 Å². The van der Waals surface area contributed by atoms with Crippen LogP contribution in [0.5, 0.6) is 0 Å². The standard InChI is InChI=1S/C39H39F3N4O6/c1-51-34(47)21-20-33(38(50)52-2)44-37(49)35(27-8-4-3-5-9-27)46-24-22-45(23-25-46)30-18-16-29(17-19-30)43-36(48)32-11-7-6-10-31(32)26-12-14-28(15-13-26)39(40,41)42/h3-19,33,35H,20-25H2,1-2H3,(H,43,48)(H,44,49). The van der Waals surface area contributed by atoms with Crippen LogP contribution in [0.1, 0.15) is 40.4 Å². The van der Waals surface area contributed by atoms with Crippen molar-refractivity contribution in [3.05, 3.63) is 120 Å². The van der Waals surface area contributed by atoms with Crippen LogP contribution in [0.15, 0.2) is 103 Å². The molecule has 1 fully saturated rings. The number of ether oxygens (including phenoxy) is 2. The van der Waals surface area contributed by atoms with Crippen LogP contribution in [-0.2, 0) is 30.0 Å². The van der Waals surface area contributed by atoms with Crippen molar-refractivity contribution in [2.24, 2.45) is 0 Å². The number of hydrogen-bond donors (Lipinski definition) is 2. The molecule has 2 atom stereocenters. The van der Waals surface area contributed by atoms with Gasteiger partial charge in [-0.25, -0.2) is 4.79 Å². The number of rotatable bonds is 12. The van der Waals surface area contributed by atoms with Crippen LogP contribution in [0.4, 0.5) is 24.5 Å². The Bertz CT molecular complexity index is 1840. The highest BCUT2D eigenvalue weighted by molar-refractivity contribution is 6.08. The zero-order valence-corrected chi connectivity index (χ0v) is 28.7. The monoisotopic (exact) mass is 716 g/mol. The van der Waals surface area contributed by atoms with E-state index in [1.807, 2.05) is 47.4 Å². The summed E-state index contributed by atoms with van der Waals surface area (Å²) in [6.07, 6.45) is -4.49. The minimum atomic E-state index is -4.46. The minimum Gasteiger partial charge on any atom is -0.469 e. The summed E-state index contributed by atoms with van der Waals surface area (Å²) in [6, 6.07) is 26.3. The lowest BCUT2D eigenvalue weighted by Crippen LogP contribution is -2.53. The lowest BCUT2D eigenvalue weighted by molar-refractivity contribution is -0.147. The molecule has 4 aromatic rings. The largest absolute Gasteiger partial charge is 0.469 e. The van der Waals surface area contributed by atoms with Crippen molar-refractivity contribution in [2.75, 3.05) is 50.6 Å². The molecular weight excluding hydrogens is 677 g/mol. The number of benzene rings is 4. The summed E-state index contributed by atoms with van der Waals surface area (Å²) in [7, 11) is 2.48. The number of esters is 2. The fraction of sp³-hybridized carbons (Fsp3) is 0.282. The van der Waals surface area contributed by atoms with E-state index < -0.39 is 41.7 Å². The van der Waals surface area contributed by atoms with Crippen LogP contribution in [0.25, 0.3) is 11.1 Å². The molecule has 13 heteroatoms. The highest BCUT2D eigenvalue weighted by Crippen LogP contribution is 2.32. The number of halogens is 3. The Kier molecular flexibility index (Phi) is 12.3. The van der Waals surface area contributed by atoms with Gasteiger partial charge in [0.15, 0.2) is 0 Å². The Morgan fingerprint density at radius 3 is 2.02 bits per heavy atom. The maximum Gasteiger partial charge on any atom is 0.416 e. The number of amides is 2. The molecule has 1 aliphatic heterocycles. The van der Waals surface area contributed by atoms with E-state index in [1.54, 1.807) is 36.4 Å². The number of alkyl halides is 3. The average molecular weight is 717 g/mol. The van der Waals surface area contributed by atoms with Gasteiger partial charge in [-0.2, -0.15) is 13.2 Å². The van der Waals surface area contributed by atoms with Gasteiger partial charge in [-0.1, -0.05) is 60.7 Å². The molecule has 2 amide bonds. The summed E-state index contributed by atoms with van der Waals surface area (Å²) in [5, 5.41) is 5.67. The third-order valence-corrected chi connectivity index (χ3v) is 8.90. The minimum absolute atomic E-state index is 0.0302. The first-order valence-corrected chi connectivity index (χ1v) is 16.7. The third kappa shape index (κ3) is 9.34. The Hall–Kier alpha value is -5.69. The molecule has 0 aromatic heterocycles. The number of nitrogens with zero attached hydrogens (tertiary/aromatic N) is 2. The predicted molar refractivity (Wildman–Crippen MR) is 189 cm³/mol. The molecule has 2 N–H and O–H groups in total. The van der Waals surface area contributed by atoms with Gasteiger partial charge in [-0.3, -0.25) is 19.3 Å². The first-order chi connectivity index (χ1) is 25.0. The van der Waals surface area contributed by atoms with Crippen molar-refractivity contribution in [3.8, 4) is 11.1 Å². The Morgan fingerprint density at radius 2 is 1.40 bits per heavy atom. The molecular formula is C39H39F3N4O6. The second-order valence-corrected chi connectivity index (χ2v) is 12.2. The van der Waals surface area contributed by atoms with Crippen molar-refractivity contribution in [3.63, 3.8) is 0 Å². The molecule has 0 radical (unpaired) electrons. The van der Waals surface area contributed by atoms with Gasteiger partial charge in [0.25, 0.3) is 5.91 Å². The molecule has 1 heterocycles. The molecule has 0 saturated carbocycles. The van der Waals surface area contributed by atoms with E-state index in [0.717, 1.165) is 23.4 Å². The molecule has 0 bridgehead atoms. The maximum atomic E-state index is 13.8. The molecule has 0 aliphatic carbocycles. The van der Waals surface area contributed by atoms with Gasteiger partial charge < -0.3 is 25.0 Å². The molecule has 1 saturated heterocycles. The van der Waals surface area contributed by atoms with E-state index >= 15 is 0 Å². The average Bonchev–Trinajstić information content (AvgIpc) is 3.16. The first-order valence-electron chi connectivity index (χ1n) is 16.7. The number of piperazine rings is 1. The number of methoxy groups -OCH3 is 2. The van der Waals surface area contributed by atoms with E-state index in [-0.39, 0.29) is 18.7 Å². The van der Waals surface area contributed by atoms with Gasteiger partial charge in [0.2, 0.25) is 5.91 Å². The zero-order chi connectivity index (χ0) is 37.3. The van der Waals surface area contributed by atoms with Gasteiger partial charge in [0, 0.05) is 49.5 Å². The van der Waals surface area contributed by atoms with Crippen LogP contribution in [0.2, 0.25) is 0 Å². The summed E-state index contributed by atoms with van der Waals surface area (Å²) in [6.45, 7) is 2.23. The lowest BCUT2D eigenvalue weighted by atomic mass is 9.98. The van der Waals surface area contributed by atoms with Crippen LogP contribution in [0, 0.1) is 0 Å². The van der Waals surface area contributed by atoms with Gasteiger partial charge >= 0.3 is 18.1 Å². The summed E-state index contributed by atoms with van der Waals surface area (Å²) < 4.78 is 48.8. The predicted octanol–water partition coefficient (Wildman–Crippen LogP) is 6.10. The maximum absolute atomic E-state index is 13.8. The summed E-state index contributed by atoms with van der Waals surface area (Å²) in [5.41, 5.74) is 2.76. The van der Waals surface area contributed by atoms with E-state index in [9.17, 15) is 32.3 Å². The highest BCUT2D eigenvalue weighted by atomic mass is 19.4. The number of nitrogens with one attached hydrogen (secondary N) is 2. The van der Waals surface area contributed by atoms with Crippen LogP contribution >= 0.6 is 0 Å². The van der Waals surface area contributed by atoms with Crippen LogP contribution < -0.4 is 15.5 Å². The summed E-state index contributed by atoms with van der Waals surface area (Å²) in [4.78, 5) is 55.5. The van der Waals surface area contributed by atoms with Crippen molar-refractivity contribution in [1.82, 2.24) is 10.2 Å². The summed E-state index contributed by atoms with van der Waals surface area (Å²) >= 11 is 0. The molecule has 5 rings (SSSR count). The second kappa shape index (κ2) is 17.0. The Balaban J connectivity index is 1.23. The molecule has 1 aliphatic rings. The summed E-state index contributed by atoms with van der Waals surface area (Å²) in [5.74, 6) is -1.95. The fourth-order valence-electron chi connectivity index (χ4n) is 6.13. The normalized spacial score (nSPS) is 14.5. The van der Waals surface area contributed by atoms with Crippen LogP contribution in [0.3, 0.4) is 0 Å². The van der Waals surface area contributed by atoms with E-state index in [0.29, 0.717) is 48.6 Å². The van der Waals surface area contributed by atoms with Crippen molar-refractivity contribution in [1.29, 1.82) is 0 Å². The highest BCUT2D eigenvalue weighted by Gasteiger charge is 2.34. The lowest BCUT2D eigenvalue weighted by Gasteiger charge is -2.40. The molecule has 0 spiro atoms. The number of anilines is 2. The Labute approximate surface area is 299 Å². The molecule has 4 aromatic carbocycles. The smallest absolute Gasteiger partial charge is 0.416 e. The van der Waals surface area contributed by atoms with Gasteiger partial charge in [0.1, 0.15) is 12.1 Å². The molecule has 10 nitrogen and oxygen atoms in total. The van der Waals surface area contributed by atoms with E-state index in [2.05, 4.69) is 20.3 Å². The van der Waals surface area contributed by atoms with Crippen molar-refractivity contribution in [2.45, 2.75) is 31.1 Å².